The van der Waals surface area contributed by atoms with E-state index >= 15 is 0 Å². The molecule has 0 unspecified atom stereocenters. The first-order valence-electron chi connectivity index (χ1n) is 6.09. The Morgan fingerprint density at radius 1 is 1.10 bits per heavy atom. The van der Waals surface area contributed by atoms with Gasteiger partial charge in [0.15, 0.2) is 0 Å². The number of thiocarbonyl (C=S) groups is 1. The second kappa shape index (κ2) is 6.89. The van der Waals surface area contributed by atoms with Crippen LogP contribution in [0.5, 0.6) is 0 Å². The molecule has 6 heteroatoms. The average Bonchev–Trinajstić information content (AvgIpc) is 2.39. The first-order valence-corrected chi connectivity index (χ1v) is 7.25. The van der Waals surface area contributed by atoms with E-state index in [2.05, 4.69) is 5.32 Å². The molecule has 0 saturated heterocycles. The topological polar surface area (TPSA) is 55.1 Å². The van der Waals surface area contributed by atoms with Crippen molar-refractivity contribution >= 4 is 52.0 Å². The number of carbonyl (C=O) groups excluding carboxylic acids is 1. The number of amides is 1. The van der Waals surface area contributed by atoms with Gasteiger partial charge in [-0.05, 0) is 35.9 Å². The molecule has 0 aliphatic heterocycles. The van der Waals surface area contributed by atoms with Crippen LogP contribution in [0.4, 0.5) is 5.69 Å². The molecule has 2 aromatic carbocycles. The molecule has 2 aromatic rings. The summed E-state index contributed by atoms with van der Waals surface area (Å²) in [5, 5.41) is 3.61. The third-order valence-electron chi connectivity index (χ3n) is 2.71. The van der Waals surface area contributed by atoms with Crippen LogP contribution < -0.4 is 11.1 Å². The van der Waals surface area contributed by atoms with Crippen LogP contribution in [0.25, 0.3) is 0 Å². The van der Waals surface area contributed by atoms with Crippen LogP contribution in [0.2, 0.25) is 10.0 Å². The third kappa shape index (κ3) is 4.70. The zero-order chi connectivity index (χ0) is 15.4. The molecule has 0 aromatic heterocycles. The Kier molecular flexibility index (Phi) is 5.17. The molecule has 0 fully saturated rings. The number of rotatable bonds is 4. The molecule has 0 spiro atoms. The van der Waals surface area contributed by atoms with Gasteiger partial charge in [-0.15, -0.1) is 0 Å². The van der Waals surface area contributed by atoms with Crippen LogP contribution in [-0.2, 0) is 6.42 Å². The predicted molar refractivity (Wildman–Crippen MR) is 91.3 cm³/mol. The Morgan fingerprint density at radius 2 is 1.67 bits per heavy atom. The van der Waals surface area contributed by atoms with Crippen LogP contribution in [0.1, 0.15) is 15.9 Å². The highest BCUT2D eigenvalue weighted by Gasteiger charge is 2.08. The zero-order valence-electron chi connectivity index (χ0n) is 10.9. The molecule has 1 amide bonds. The van der Waals surface area contributed by atoms with Gasteiger partial charge in [-0.25, -0.2) is 0 Å². The first-order chi connectivity index (χ1) is 9.94. The monoisotopic (exact) mass is 338 g/mol. The summed E-state index contributed by atoms with van der Waals surface area (Å²) in [5.74, 6) is -0.276. The molecular weight excluding hydrogens is 327 g/mol. The van der Waals surface area contributed by atoms with Gasteiger partial charge in [-0.2, -0.15) is 0 Å². The molecule has 0 bridgehead atoms. The smallest absolute Gasteiger partial charge is 0.255 e. The highest BCUT2D eigenvalue weighted by atomic mass is 35.5. The number of carbonyl (C=O) groups is 1. The minimum Gasteiger partial charge on any atom is -0.393 e. The standard InChI is InChI=1S/C15H12Cl2N2OS/c16-11-6-10(7-12(17)8-11)15(20)19-13-3-1-9(2-4-13)5-14(18)21/h1-4,6-8H,5H2,(H2,18,21)(H,19,20). The molecule has 0 radical (unpaired) electrons. The molecule has 0 aliphatic carbocycles. The first kappa shape index (κ1) is 15.8. The van der Waals surface area contributed by atoms with Crippen molar-refractivity contribution in [3.05, 3.63) is 63.6 Å². The molecule has 3 N–H and O–H groups in total. The van der Waals surface area contributed by atoms with Crippen molar-refractivity contribution in [1.82, 2.24) is 0 Å². The normalized spacial score (nSPS) is 10.2. The van der Waals surface area contributed by atoms with Crippen molar-refractivity contribution < 1.29 is 4.79 Å². The highest BCUT2D eigenvalue weighted by molar-refractivity contribution is 7.80. The molecule has 2 rings (SSSR count). The number of nitrogens with two attached hydrogens (primary N) is 1. The molecule has 0 saturated carbocycles. The summed E-state index contributed by atoms with van der Waals surface area (Å²) in [7, 11) is 0. The quantitative estimate of drug-likeness (QED) is 0.826. The predicted octanol–water partition coefficient (Wildman–Crippen LogP) is 4.07. The van der Waals surface area contributed by atoms with Crippen molar-refractivity contribution in [2.45, 2.75) is 6.42 Å². The van der Waals surface area contributed by atoms with Crippen molar-refractivity contribution in [2.75, 3.05) is 5.32 Å². The lowest BCUT2D eigenvalue weighted by Gasteiger charge is -2.07. The number of hydrogen-bond acceptors (Lipinski definition) is 2. The summed E-state index contributed by atoms with van der Waals surface area (Å²) in [6, 6.07) is 12.0. The summed E-state index contributed by atoms with van der Waals surface area (Å²) in [4.78, 5) is 12.5. The molecule has 3 nitrogen and oxygen atoms in total. The van der Waals surface area contributed by atoms with E-state index < -0.39 is 0 Å². The van der Waals surface area contributed by atoms with E-state index in [0.29, 0.717) is 32.7 Å². The molecule has 0 atom stereocenters. The lowest BCUT2D eigenvalue weighted by atomic mass is 10.1. The summed E-state index contributed by atoms with van der Waals surface area (Å²) in [6.07, 6.45) is 0.535. The lowest BCUT2D eigenvalue weighted by Crippen LogP contribution is -2.13. The van der Waals surface area contributed by atoms with Gasteiger partial charge in [0, 0.05) is 27.7 Å². The van der Waals surface area contributed by atoms with Crippen LogP contribution in [0, 0.1) is 0 Å². The van der Waals surface area contributed by atoms with Gasteiger partial charge in [0.25, 0.3) is 5.91 Å². The van der Waals surface area contributed by atoms with E-state index in [1.54, 1.807) is 30.3 Å². The summed E-state index contributed by atoms with van der Waals surface area (Å²) in [6.45, 7) is 0. The summed E-state index contributed by atoms with van der Waals surface area (Å²) in [5.41, 5.74) is 7.55. The van der Waals surface area contributed by atoms with Crippen LogP contribution in [0.15, 0.2) is 42.5 Å². The second-order valence-corrected chi connectivity index (χ2v) is 5.85. The molecule has 0 aliphatic rings. The summed E-state index contributed by atoms with van der Waals surface area (Å²) >= 11 is 16.6. The van der Waals surface area contributed by atoms with Gasteiger partial charge in [-0.3, -0.25) is 4.79 Å². The van der Waals surface area contributed by atoms with Gasteiger partial charge in [-0.1, -0.05) is 47.6 Å². The minimum atomic E-state index is -0.276. The fraction of sp³-hybridized carbons (Fsp3) is 0.0667. The van der Waals surface area contributed by atoms with Crippen LogP contribution >= 0.6 is 35.4 Å². The van der Waals surface area contributed by atoms with Gasteiger partial charge >= 0.3 is 0 Å². The van der Waals surface area contributed by atoms with Gasteiger partial charge in [0.05, 0.1) is 4.99 Å². The number of benzene rings is 2. The van der Waals surface area contributed by atoms with E-state index in [0.717, 1.165) is 5.56 Å². The van der Waals surface area contributed by atoms with Gasteiger partial charge in [0.2, 0.25) is 0 Å². The maximum Gasteiger partial charge on any atom is 0.255 e. The van der Waals surface area contributed by atoms with Gasteiger partial charge < -0.3 is 11.1 Å². The Hall–Kier alpha value is -1.62. The minimum absolute atomic E-state index is 0.276. The van der Waals surface area contributed by atoms with Gasteiger partial charge in [0.1, 0.15) is 0 Å². The fourth-order valence-electron chi connectivity index (χ4n) is 1.80. The Morgan fingerprint density at radius 3 is 2.19 bits per heavy atom. The lowest BCUT2D eigenvalue weighted by molar-refractivity contribution is 0.102. The van der Waals surface area contributed by atoms with Crippen LogP contribution in [-0.4, -0.2) is 10.9 Å². The maximum absolute atomic E-state index is 12.1. The SMILES string of the molecule is NC(=S)Cc1ccc(NC(=O)c2cc(Cl)cc(Cl)c2)cc1. The highest BCUT2D eigenvalue weighted by Crippen LogP contribution is 2.20. The van der Waals surface area contributed by atoms with E-state index in [4.69, 9.17) is 41.2 Å². The molecular formula is C15H12Cl2N2OS. The van der Waals surface area contributed by atoms with E-state index in [-0.39, 0.29) is 5.91 Å². The fourth-order valence-corrected chi connectivity index (χ4v) is 2.49. The summed E-state index contributed by atoms with van der Waals surface area (Å²) < 4.78 is 0. The second-order valence-electron chi connectivity index (χ2n) is 4.45. The zero-order valence-corrected chi connectivity index (χ0v) is 13.2. The third-order valence-corrected chi connectivity index (χ3v) is 3.30. The molecule has 21 heavy (non-hydrogen) atoms. The van der Waals surface area contributed by atoms with E-state index in [9.17, 15) is 4.79 Å². The van der Waals surface area contributed by atoms with E-state index in [1.807, 2.05) is 12.1 Å². The Bertz CT molecular complexity index is 666. The number of nitrogens with one attached hydrogen (secondary N) is 1. The number of halogens is 2. The average molecular weight is 339 g/mol. The largest absolute Gasteiger partial charge is 0.393 e. The number of hydrogen-bond donors (Lipinski definition) is 2. The Labute approximate surface area is 138 Å². The van der Waals surface area contributed by atoms with Crippen molar-refractivity contribution in [2.24, 2.45) is 5.73 Å². The van der Waals surface area contributed by atoms with Crippen LogP contribution in [0.3, 0.4) is 0 Å². The Balaban J connectivity index is 2.10. The van der Waals surface area contributed by atoms with E-state index in [1.165, 1.54) is 0 Å². The molecule has 108 valence electrons. The number of anilines is 1. The van der Waals surface area contributed by atoms with Crippen molar-refractivity contribution in [1.29, 1.82) is 0 Å². The van der Waals surface area contributed by atoms with Crippen molar-refractivity contribution in [3.8, 4) is 0 Å². The maximum atomic E-state index is 12.1. The van der Waals surface area contributed by atoms with Crippen molar-refractivity contribution in [3.63, 3.8) is 0 Å². The molecule has 0 heterocycles.